The maximum absolute atomic E-state index is 11.6. The van der Waals surface area contributed by atoms with Crippen LogP contribution in [0.4, 0.5) is 11.4 Å². The number of rotatable bonds is 4. The van der Waals surface area contributed by atoms with E-state index in [1.165, 1.54) is 6.07 Å². The molecule has 4 aromatic rings. The van der Waals surface area contributed by atoms with Gasteiger partial charge in [0, 0.05) is 19.9 Å². The fourth-order valence-electron chi connectivity index (χ4n) is 3.16. The van der Waals surface area contributed by atoms with Gasteiger partial charge in [-0.2, -0.15) is 0 Å². The Bertz CT molecular complexity index is 1250. The van der Waals surface area contributed by atoms with Gasteiger partial charge in [0.15, 0.2) is 0 Å². The fraction of sp³-hybridized carbons (Fsp3) is 0. The zero-order chi connectivity index (χ0) is 20.4. The molecule has 0 bridgehead atoms. The fourth-order valence-corrected chi connectivity index (χ4v) is 3.76. The van der Waals surface area contributed by atoms with E-state index in [2.05, 4.69) is 32.8 Å². The highest BCUT2D eigenvalue weighted by atomic mass is 127. The lowest BCUT2D eigenvalue weighted by Gasteiger charge is -2.09. The molecule has 0 aliphatic carbocycles. The van der Waals surface area contributed by atoms with Crippen LogP contribution in [0.25, 0.3) is 21.9 Å². The molecule has 142 valence electrons. The third-order valence-corrected chi connectivity index (χ3v) is 5.42. The molecule has 0 saturated heterocycles. The molecule has 0 amide bonds. The molecule has 6 heteroatoms. The van der Waals surface area contributed by atoms with Gasteiger partial charge in [-0.05, 0) is 40.3 Å². The van der Waals surface area contributed by atoms with E-state index < -0.39 is 5.97 Å². The van der Waals surface area contributed by atoms with Crippen molar-refractivity contribution in [3.05, 3.63) is 88.0 Å². The smallest absolute Gasteiger partial charge is 0.339 e. The second-order valence-corrected chi connectivity index (χ2v) is 7.51. The highest BCUT2D eigenvalue weighted by Gasteiger charge is 2.16. The zero-order valence-corrected chi connectivity index (χ0v) is 17.2. The molecule has 0 aromatic heterocycles. The second kappa shape index (κ2) is 8.00. The van der Waals surface area contributed by atoms with Gasteiger partial charge >= 0.3 is 5.97 Å². The lowest BCUT2D eigenvalue weighted by Crippen LogP contribution is -1.97. The predicted octanol–water partition coefficient (Wildman–Crippen LogP) is 6.93. The number of carboxylic acids is 1. The van der Waals surface area contributed by atoms with Crippen LogP contribution in [-0.4, -0.2) is 16.2 Å². The SMILES string of the molecule is O=C(O)c1cc(/N=N/c2c(I)cccc2-c2ccccc2)c2ccccc2c1O. The second-order valence-electron chi connectivity index (χ2n) is 6.34. The molecule has 0 fully saturated rings. The topological polar surface area (TPSA) is 82.2 Å². The monoisotopic (exact) mass is 494 g/mol. The summed E-state index contributed by atoms with van der Waals surface area (Å²) in [7, 11) is 0. The lowest BCUT2D eigenvalue weighted by atomic mass is 10.0. The van der Waals surface area contributed by atoms with E-state index >= 15 is 0 Å². The van der Waals surface area contributed by atoms with Crippen molar-refractivity contribution in [2.24, 2.45) is 10.2 Å². The number of aromatic carboxylic acids is 1. The van der Waals surface area contributed by atoms with E-state index in [0.29, 0.717) is 22.1 Å². The Hall–Kier alpha value is -3.26. The number of aromatic hydroxyl groups is 1. The van der Waals surface area contributed by atoms with Gasteiger partial charge < -0.3 is 10.2 Å². The molecule has 0 aliphatic rings. The van der Waals surface area contributed by atoms with Gasteiger partial charge in [-0.1, -0.05) is 66.7 Å². The van der Waals surface area contributed by atoms with Crippen LogP contribution in [-0.2, 0) is 0 Å². The van der Waals surface area contributed by atoms with Gasteiger partial charge in [-0.25, -0.2) is 4.79 Å². The average molecular weight is 494 g/mol. The van der Waals surface area contributed by atoms with Gasteiger partial charge in [0.2, 0.25) is 0 Å². The summed E-state index contributed by atoms with van der Waals surface area (Å²) in [5.41, 5.74) is 2.83. The molecule has 0 radical (unpaired) electrons. The standard InChI is InChI=1S/C23H15IN2O3/c24-19-12-6-11-15(14-7-2-1-3-8-14)21(19)26-25-20-13-18(23(28)29)22(27)17-10-5-4-9-16(17)20/h1-13,27H,(H,28,29)/b26-25+. The number of carboxylic acid groups (broad SMARTS) is 1. The molecule has 0 unspecified atom stereocenters. The van der Waals surface area contributed by atoms with E-state index in [-0.39, 0.29) is 11.3 Å². The maximum atomic E-state index is 11.6. The number of hydrogen-bond acceptors (Lipinski definition) is 4. The van der Waals surface area contributed by atoms with E-state index in [1.54, 1.807) is 18.2 Å². The van der Waals surface area contributed by atoms with E-state index in [0.717, 1.165) is 14.7 Å². The minimum atomic E-state index is -1.22. The summed E-state index contributed by atoms with van der Waals surface area (Å²) in [5, 5.41) is 29.7. The van der Waals surface area contributed by atoms with Crippen molar-refractivity contribution in [3.8, 4) is 16.9 Å². The summed E-state index contributed by atoms with van der Waals surface area (Å²) < 4.78 is 0.925. The molecule has 0 aliphatic heterocycles. The number of nitrogens with zero attached hydrogens (tertiary/aromatic N) is 2. The van der Waals surface area contributed by atoms with Gasteiger partial charge in [-0.15, -0.1) is 10.2 Å². The summed E-state index contributed by atoms with van der Waals surface area (Å²) in [6.45, 7) is 0. The summed E-state index contributed by atoms with van der Waals surface area (Å²) in [6.07, 6.45) is 0. The first kappa shape index (κ1) is 19.1. The third-order valence-electron chi connectivity index (χ3n) is 4.55. The van der Waals surface area contributed by atoms with Crippen molar-refractivity contribution >= 4 is 50.7 Å². The number of azo groups is 1. The zero-order valence-electron chi connectivity index (χ0n) is 15.1. The van der Waals surface area contributed by atoms with Crippen LogP contribution in [0.1, 0.15) is 10.4 Å². The number of phenols is 1. The van der Waals surface area contributed by atoms with Crippen LogP contribution >= 0.6 is 22.6 Å². The van der Waals surface area contributed by atoms with E-state index in [9.17, 15) is 15.0 Å². The largest absolute Gasteiger partial charge is 0.506 e. The lowest BCUT2D eigenvalue weighted by molar-refractivity contribution is 0.0694. The van der Waals surface area contributed by atoms with Crippen molar-refractivity contribution < 1.29 is 15.0 Å². The molecule has 0 spiro atoms. The number of halogens is 1. The predicted molar refractivity (Wildman–Crippen MR) is 121 cm³/mol. The Morgan fingerprint density at radius 1 is 0.828 bits per heavy atom. The van der Waals surface area contributed by atoms with Crippen LogP contribution in [0.15, 0.2) is 89.1 Å². The molecule has 4 aromatic carbocycles. The number of benzene rings is 4. The van der Waals surface area contributed by atoms with E-state index in [1.807, 2.05) is 54.6 Å². The Kier molecular flexibility index (Phi) is 5.26. The minimum absolute atomic E-state index is 0.205. The molecular weight excluding hydrogens is 479 g/mol. The Morgan fingerprint density at radius 3 is 2.24 bits per heavy atom. The maximum Gasteiger partial charge on any atom is 0.339 e. The first-order valence-electron chi connectivity index (χ1n) is 8.80. The molecular formula is C23H15IN2O3. The molecule has 29 heavy (non-hydrogen) atoms. The molecule has 0 saturated carbocycles. The summed E-state index contributed by atoms with van der Waals surface area (Å²) in [4.78, 5) is 11.6. The summed E-state index contributed by atoms with van der Waals surface area (Å²) in [6, 6.07) is 24.1. The van der Waals surface area contributed by atoms with Crippen LogP contribution < -0.4 is 0 Å². The number of fused-ring (bicyclic) bond motifs is 1. The Morgan fingerprint density at radius 2 is 1.52 bits per heavy atom. The molecule has 0 heterocycles. The van der Waals surface area contributed by atoms with Crippen molar-refractivity contribution in [2.75, 3.05) is 0 Å². The number of carbonyl (C=O) groups is 1. The quantitative estimate of drug-likeness (QED) is 0.238. The van der Waals surface area contributed by atoms with Crippen molar-refractivity contribution in [3.63, 3.8) is 0 Å². The van der Waals surface area contributed by atoms with Gasteiger partial charge in [0.05, 0.1) is 5.69 Å². The van der Waals surface area contributed by atoms with E-state index in [4.69, 9.17) is 0 Å². The number of hydrogen-bond donors (Lipinski definition) is 2. The van der Waals surface area contributed by atoms with Crippen LogP contribution in [0.5, 0.6) is 5.75 Å². The average Bonchev–Trinajstić information content (AvgIpc) is 2.74. The van der Waals surface area contributed by atoms with Crippen LogP contribution in [0.3, 0.4) is 0 Å². The van der Waals surface area contributed by atoms with Crippen LogP contribution in [0, 0.1) is 3.57 Å². The normalized spacial score (nSPS) is 11.2. The van der Waals surface area contributed by atoms with Crippen molar-refractivity contribution in [1.82, 2.24) is 0 Å². The van der Waals surface area contributed by atoms with Crippen molar-refractivity contribution in [2.45, 2.75) is 0 Å². The van der Waals surface area contributed by atoms with Gasteiger partial charge in [-0.3, -0.25) is 0 Å². The van der Waals surface area contributed by atoms with Crippen LogP contribution in [0.2, 0.25) is 0 Å². The Balaban J connectivity index is 1.89. The third kappa shape index (κ3) is 3.71. The molecule has 0 atom stereocenters. The first-order chi connectivity index (χ1) is 14.1. The highest BCUT2D eigenvalue weighted by molar-refractivity contribution is 14.1. The Labute approximate surface area is 180 Å². The summed E-state index contributed by atoms with van der Waals surface area (Å²) in [5.74, 6) is -1.49. The van der Waals surface area contributed by atoms with Gasteiger partial charge in [0.25, 0.3) is 0 Å². The van der Waals surface area contributed by atoms with Gasteiger partial charge in [0.1, 0.15) is 17.0 Å². The first-order valence-corrected chi connectivity index (χ1v) is 9.88. The molecule has 5 nitrogen and oxygen atoms in total. The highest BCUT2D eigenvalue weighted by Crippen LogP contribution is 2.39. The molecule has 2 N–H and O–H groups in total. The van der Waals surface area contributed by atoms with Crippen molar-refractivity contribution in [1.29, 1.82) is 0 Å². The molecule has 4 rings (SSSR count). The minimum Gasteiger partial charge on any atom is -0.506 e. The summed E-state index contributed by atoms with van der Waals surface area (Å²) >= 11 is 2.21.